The van der Waals surface area contributed by atoms with Crippen LogP contribution in [-0.4, -0.2) is 26.9 Å². The molecular formula is C25H24F2N4O. The monoisotopic (exact) mass is 434 g/mol. The number of hydrogen-bond donors (Lipinski definition) is 0. The molecular weight excluding hydrogens is 410 g/mol. The van der Waals surface area contributed by atoms with Crippen molar-refractivity contribution in [3.05, 3.63) is 65.4 Å². The molecule has 3 saturated carbocycles. The van der Waals surface area contributed by atoms with Crippen LogP contribution in [0.15, 0.2) is 47.6 Å². The second-order valence-electron chi connectivity index (χ2n) is 9.60. The average Bonchev–Trinajstić information content (AvgIpc) is 3.49. The average molecular weight is 434 g/mol. The van der Waals surface area contributed by atoms with Gasteiger partial charge in [-0.1, -0.05) is 18.2 Å². The Hall–Kier alpha value is -3.09. The number of carbonyl (C=O) groups excluding carboxylic acids is 1. The number of hydrogen-bond acceptors (Lipinski definition) is 3. The first kappa shape index (κ1) is 19.6. The number of benzene rings is 2. The smallest absolute Gasteiger partial charge is 0.249 e. The molecule has 3 fully saturated rings. The topological polar surface area (TPSA) is 50.5 Å². The Morgan fingerprint density at radius 2 is 1.88 bits per heavy atom. The molecule has 5 nitrogen and oxygen atoms in total. The lowest BCUT2D eigenvalue weighted by Crippen LogP contribution is -2.45. The van der Waals surface area contributed by atoms with E-state index in [2.05, 4.69) is 21.9 Å². The van der Waals surface area contributed by atoms with Crippen LogP contribution in [0.3, 0.4) is 0 Å². The lowest BCUT2D eigenvalue weighted by atomic mass is 9.68. The Balaban J connectivity index is 1.22. The van der Waals surface area contributed by atoms with Crippen molar-refractivity contribution in [2.24, 2.45) is 22.4 Å². The van der Waals surface area contributed by atoms with E-state index in [0.717, 1.165) is 43.1 Å². The van der Waals surface area contributed by atoms with Gasteiger partial charge in [-0.2, -0.15) is 10.2 Å². The van der Waals surface area contributed by atoms with Gasteiger partial charge in [0.15, 0.2) is 0 Å². The number of halogens is 2. The van der Waals surface area contributed by atoms with E-state index in [1.54, 1.807) is 6.21 Å². The minimum absolute atomic E-state index is 0.0128. The lowest BCUT2D eigenvalue weighted by molar-refractivity contribution is -0.148. The first-order chi connectivity index (χ1) is 15.4. The number of para-hydroxylation sites is 1. The van der Waals surface area contributed by atoms with Gasteiger partial charge in [-0.25, -0.2) is 13.8 Å². The Kier molecular flexibility index (Phi) is 4.26. The molecule has 0 N–H and O–H groups in total. The molecule has 1 aromatic heterocycles. The van der Waals surface area contributed by atoms with Gasteiger partial charge in [0.2, 0.25) is 5.91 Å². The van der Waals surface area contributed by atoms with Crippen LogP contribution in [0.1, 0.15) is 43.0 Å². The van der Waals surface area contributed by atoms with Gasteiger partial charge < -0.3 is 0 Å². The third-order valence-corrected chi connectivity index (χ3v) is 7.64. The van der Waals surface area contributed by atoms with E-state index in [4.69, 9.17) is 5.10 Å². The molecule has 32 heavy (non-hydrogen) atoms. The summed E-state index contributed by atoms with van der Waals surface area (Å²) in [5, 5.41) is 11.7. The first-order valence-electron chi connectivity index (χ1n) is 11.2. The molecule has 3 aliphatic carbocycles. The van der Waals surface area contributed by atoms with Crippen LogP contribution in [0.25, 0.3) is 10.9 Å². The number of carbonyl (C=O) groups is 1. The predicted octanol–water partition coefficient (Wildman–Crippen LogP) is 5.00. The highest BCUT2D eigenvalue weighted by atomic mass is 19.1. The Labute approximate surface area is 184 Å². The highest BCUT2D eigenvalue weighted by Crippen LogP contribution is 2.63. The minimum Gasteiger partial charge on any atom is -0.272 e. The highest BCUT2D eigenvalue weighted by Gasteiger charge is 2.62. The number of hydrazone groups is 1. The van der Waals surface area contributed by atoms with E-state index in [1.807, 2.05) is 19.1 Å². The van der Waals surface area contributed by atoms with E-state index in [0.29, 0.717) is 23.8 Å². The van der Waals surface area contributed by atoms with Crippen LogP contribution in [0.4, 0.5) is 8.78 Å². The highest BCUT2D eigenvalue weighted by molar-refractivity contribution is 5.87. The van der Waals surface area contributed by atoms with Gasteiger partial charge in [0.1, 0.15) is 11.6 Å². The number of amides is 1. The third-order valence-electron chi connectivity index (χ3n) is 7.64. The van der Waals surface area contributed by atoms with Gasteiger partial charge >= 0.3 is 0 Å². The predicted molar refractivity (Wildman–Crippen MR) is 117 cm³/mol. The second kappa shape index (κ2) is 6.95. The zero-order valence-electron chi connectivity index (χ0n) is 17.8. The number of aryl methyl sites for hydroxylation is 1. The Bertz CT molecular complexity index is 1240. The van der Waals surface area contributed by atoms with E-state index in [-0.39, 0.29) is 5.91 Å². The molecule has 2 aromatic carbocycles. The SMILES string of the molecule is Cc1nn(C[C@@H]2CC3(C(=O)N4N=CCC4c4cc(F)cc(F)c4)CC2C3)c2ccccc12. The Morgan fingerprint density at radius 1 is 1.12 bits per heavy atom. The van der Waals surface area contributed by atoms with Crippen molar-refractivity contribution in [3.63, 3.8) is 0 Å². The van der Waals surface area contributed by atoms with Crippen molar-refractivity contribution in [1.29, 1.82) is 0 Å². The fourth-order valence-corrected chi connectivity index (χ4v) is 6.14. The number of rotatable bonds is 4. The van der Waals surface area contributed by atoms with Gasteiger partial charge in [-0.15, -0.1) is 0 Å². The molecule has 0 radical (unpaired) electrons. The first-order valence-corrected chi connectivity index (χ1v) is 11.2. The summed E-state index contributed by atoms with van der Waals surface area (Å²) in [5.41, 5.74) is 2.19. The summed E-state index contributed by atoms with van der Waals surface area (Å²) in [7, 11) is 0. The fraction of sp³-hybridized carbons (Fsp3) is 0.400. The van der Waals surface area contributed by atoms with E-state index >= 15 is 0 Å². The minimum atomic E-state index is -0.635. The molecule has 7 rings (SSSR count). The van der Waals surface area contributed by atoms with Gasteiger partial charge in [-0.05, 0) is 61.8 Å². The van der Waals surface area contributed by atoms with Crippen molar-refractivity contribution in [3.8, 4) is 0 Å². The van der Waals surface area contributed by atoms with Crippen LogP contribution in [0.5, 0.6) is 0 Å². The molecule has 2 heterocycles. The standard InChI is InChI=1S/C25H24F2N4O/c1-15-21-4-2-3-5-23(21)30(29-15)14-18-13-25(11-17(18)12-25)24(32)31-22(6-7-28-31)16-8-19(26)10-20(27)9-16/h2-5,7-10,17-18,22H,6,11-14H2,1H3/t17?,18-,22?,25?/m0/s1. The summed E-state index contributed by atoms with van der Waals surface area (Å²) < 4.78 is 29.6. The van der Waals surface area contributed by atoms with Crippen molar-refractivity contribution in [2.75, 3.05) is 0 Å². The van der Waals surface area contributed by atoms with Crippen LogP contribution in [0, 0.1) is 35.8 Å². The van der Waals surface area contributed by atoms with Gasteiger partial charge in [0.25, 0.3) is 0 Å². The summed E-state index contributed by atoms with van der Waals surface area (Å²) in [6.45, 7) is 2.83. The Morgan fingerprint density at radius 3 is 2.66 bits per heavy atom. The number of aromatic nitrogens is 2. The maximum Gasteiger partial charge on any atom is 0.249 e. The summed E-state index contributed by atoms with van der Waals surface area (Å²) in [6, 6.07) is 11.2. The maximum atomic E-state index is 13.8. The molecule has 2 bridgehead atoms. The third kappa shape index (κ3) is 2.90. The zero-order valence-corrected chi connectivity index (χ0v) is 17.8. The van der Waals surface area contributed by atoms with Crippen LogP contribution >= 0.6 is 0 Å². The number of fused-ring (bicyclic) bond motifs is 2. The second-order valence-corrected chi connectivity index (χ2v) is 9.60. The van der Waals surface area contributed by atoms with Crippen LogP contribution in [0.2, 0.25) is 0 Å². The molecule has 7 heteroatoms. The summed E-state index contributed by atoms with van der Waals surface area (Å²) in [6.07, 6.45) is 4.65. The molecule has 3 aromatic rings. The van der Waals surface area contributed by atoms with Crippen LogP contribution in [-0.2, 0) is 11.3 Å². The normalized spacial score (nSPS) is 28.5. The molecule has 4 aliphatic rings. The number of nitrogens with zero attached hydrogens (tertiary/aromatic N) is 4. The molecule has 1 amide bonds. The lowest BCUT2D eigenvalue weighted by Gasteiger charge is -2.40. The molecule has 0 saturated heterocycles. The van der Waals surface area contributed by atoms with Crippen molar-refractivity contribution >= 4 is 23.0 Å². The summed E-state index contributed by atoms with van der Waals surface area (Å²) in [5.74, 6) is -0.397. The van der Waals surface area contributed by atoms with E-state index in [9.17, 15) is 13.6 Å². The van der Waals surface area contributed by atoms with Gasteiger partial charge in [-0.3, -0.25) is 9.48 Å². The van der Waals surface area contributed by atoms with Gasteiger partial charge in [0, 0.05) is 30.6 Å². The summed E-state index contributed by atoms with van der Waals surface area (Å²) in [4.78, 5) is 13.6. The molecule has 0 spiro atoms. The van der Waals surface area contributed by atoms with E-state index < -0.39 is 23.1 Å². The summed E-state index contributed by atoms with van der Waals surface area (Å²) >= 11 is 0. The molecule has 2 atom stereocenters. The molecule has 1 unspecified atom stereocenters. The van der Waals surface area contributed by atoms with Gasteiger partial charge in [0.05, 0.1) is 22.7 Å². The maximum absolute atomic E-state index is 13.8. The zero-order chi connectivity index (χ0) is 22.0. The van der Waals surface area contributed by atoms with Crippen molar-refractivity contribution in [2.45, 2.75) is 45.2 Å². The molecule has 164 valence electrons. The van der Waals surface area contributed by atoms with E-state index in [1.165, 1.54) is 22.5 Å². The molecule has 1 aliphatic heterocycles. The quantitative estimate of drug-likeness (QED) is 0.580. The van der Waals surface area contributed by atoms with Crippen molar-refractivity contribution < 1.29 is 13.6 Å². The fourth-order valence-electron chi connectivity index (χ4n) is 6.14. The van der Waals surface area contributed by atoms with Crippen LogP contribution < -0.4 is 0 Å². The largest absolute Gasteiger partial charge is 0.272 e. The van der Waals surface area contributed by atoms with Crippen molar-refractivity contribution in [1.82, 2.24) is 14.8 Å².